The normalized spacial score (nSPS) is 23.7. The smallest absolute Gasteiger partial charge is 0.123 e. The summed E-state index contributed by atoms with van der Waals surface area (Å²) in [4.78, 5) is 2.43. The fourth-order valence-corrected chi connectivity index (χ4v) is 2.95. The van der Waals surface area contributed by atoms with Crippen molar-refractivity contribution in [2.45, 2.75) is 45.2 Å². The molecule has 3 heteroatoms. The summed E-state index contributed by atoms with van der Waals surface area (Å²) in [6.45, 7) is 5.30. The minimum Gasteiger partial charge on any atom is -0.371 e. The van der Waals surface area contributed by atoms with Gasteiger partial charge in [-0.25, -0.2) is 4.39 Å². The second-order valence-corrected chi connectivity index (χ2v) is 6.12. The Hall–Kier alpha value is -1.09. The summed E-state index contributed by atoms with van der Waals surface area (Å²) in [6.07, 6.45) is 5.10. The van der Waals surface area contributed by atoms with E-state index in [0.29, 0.717) is 6.04 Å². The Kier molecular flexibility index (Phi) is 3.74. The van der Waals surface area contributed by atoms with Gasteiger partial charge in [-0.3, -0.25) is 0 Å². The van der Waals surface area contributed by atoms with Crippen molar-refractivity contribution in [2.75, 3.05) is 18.0 Å². The van der Waals surface area contributed by atoms with E-state index in [2.05, 4.69) is 17.1 Å². The van der Waals surface area contributed by atoms with E-state index in [1.165, 1.54) is 31.4 Å². The van der Waals surface area contributed by atoms with Crippen molar-refractivity contribution in [3.63, 3.8) is 0 Å². The number of piperidine rings is 1. The number of rotatable bonds is 4. The highest BCUT2D eigenvalue weighted by atomic mass is 19.1. The maximum absolute atomic E-state index is 13.5. The largest absolute Gasteiger partial charge is 0.371 e. The van der Waals surface area contributed by atoms with E-state index in [1.54, 1.807) is 12.1 Å². The highest BCUT2D eigenvalue weighted by molar-refractivity contribution is 5.54. The minimum absolute atomic E-state index is 0.124. The Morgan fingerprint density at radius 2 is 2.16 bits per heavy atom. The van der Waals surface area contributed by atoms with Gasteiger partial charge in [0.1, 0.15) is 5.82 Å². The molecule has 2 aliphatic rings. The topological polar surface area (TPSA) is 15.3 Å². The quantitative estimate of drug-likeness (QED) is 0.895. The van der Waals surface area contributed by atoms with Crippen LogP contribution in [0.5, 0.6) is 0 Å². The first-order valence-electron chi connectivity index (χ1n) is 7.49. The average Bonchev–Trinajstić information content (AvgIpc) is 3.20. The summed E-state index contributed by atoms with van der Waals surface area (Å²) >= 11 is 0. The molecule has 104 valence electrons. The molecule has 1 heterocycles. The molecule has 0 spiro atoms. The molecule has 3 rings (SSSR count). The van der Waals surface area contributed by atoms with Gasteiger partial charge in [0.2, 0.25) is 0 Å². The number of hydrogen-bond donors (Lipinski definition) is 1. The third kappa shape index (κ3) is 3.27. The molecule has 1 saturated heterocycles. The molecule has 1 aliphatic heterocycles. The Balaban J connectivity index is 1.77. The van der Waals surface area contributed by atoms with Crippen molar-refractivity contribution >= 4 is 5.69 Å². The molecule has 0 radical (unpaired) electrons. The lowest BCUT2D eigenvalue weighted by atomic mass is 9.98. The van der Waals surface area contributed by atoms with Crippen LogP contribution in [0.2, 0.25) is 0 Å². The highest BCUT2D eigenvalue weighted by Gasteiger charge is 2.22. The summed E-state index contributed by atoms with van der Waals surface area (Å²) in [6, 6.07) is 5.91. The molecule has 1 aromatic carbocycles. The van der Waals surface area contributed by atoms with Crippen LogP contribution in [0.4, 0.5) is 10.1 Å². The molecule has 0 bridgehead atoms. The van der Waals surface area contributed by atoms with Crippen molar-refractivity contribution in [2.24, 2.45) is 5.92 Å². The zero-order valence-electron chi connectivity index (χ0n) is 11.7. The van der Waals surface area contributed by atoms with Crippen LogP contribution in [-0.4, -0.2) is 19.1 Å². The van der Waals surface area contributed by atoms with Crippen molar-refractivity contribution in [1.82, 2.24) is 5.32 Å². The van der Waals surface area contributed by atoms with Gasteiger partial charge >= 0.3 is 0 Å². The molecule has 1 unspecified atom stereocenters. The van der Waals surface area contributed by atoms with Crippen LogP contribution in [0.1, 0.15) is 38.2 Å². The zero-order chi connectivity index (χ0) is 13.2. The molecule has 2 nitrogen and oxygen atoms in total. The number of hydrogen-bond acceptors (Lipinski definition) is 2. The monoisotopic (exact) mass is 262 g/mol. The van der Waals surface area contributed by atoms with Gasteiger partial charge in [-0.05, 0) is 55.4 Å². The van der Waals surface area contributed by atoms with Gasteiger partial charge in [-0.1, -0.05) is 6.92 Å². The van der Waals surface area contributed by atoms with Crippen LogP contribution in [0, 0.1) is 11.7 Å². The van der Waals surface area contributed by atoms with Gasteiger partial charge in [0.15, 0.2) is 0 Å². The molecule has 2 fully saturated rings. The lowest BCUT2D eigenvalue weighted by Crippen LogP contribution is -2.35. The van der Waals surface area contributed by atoms with Crippen LogP contribution in [0.15, 0.2) is 18.2 Å². The molecular formula is C16H23FN2. The maximum Gasteiger partial charge on any atom is 0.123 e. The van der Waals surface area contributed by atoms with E-state index in [-0.39, 0.29) is 5.82 Å². The fraction of sp³-hybridized carbons (Fsp3) is 0.625. The predicted octanol–water partition coefficient (Wildman–Crippen LogP) is 3.31. The molecule has 1 N–H and O–H groups in total. The van der Waals surface area contributed by atoms with Crippen molar-refractivity contribution in [1.29, 1.82) is 0 Å². The maximum atomic E-state index is 13.5. The SMILES string of the molecule is CC1CCCN(c2ccc(F)cc2CNC2CC2)C1. The van der Waals surface area contributed by atoms with Crippen LogP contribution in [0.25, 0.3) is 0 Å². The zero-order valence-corrected chi connectivity index (χ0v) is 11.7. The van der Waals surface area contributed by atoms with E-state index in [4.69, 9.17) is 0 Å². The number of benzene rings is 1. The van der Waals surface area contributed by atoms with Gasteiger partial charge in [0.05, 0.1) is 0 Å². The van der Waals surface area contributed by atoms with Crippen LogP contribution >= 0.6 is 0 Å². The Labute approximate surface area is 115 Å². The van der Waals surface area contributed by atoms with Crippen molar-refractivity contribution < 1.29 is 4.39 Å². The molecular weight excluding hydrogens is 239 g/mol. The number of nitrogens with zero attached hydrogens (tertiary/aromatic N) is 1. The molecule has 0 aromatic heterocycles. The van der Waals surface area contributed by atoms with Gasteiger partial charge in [-0.2, -0.15) is 0 Å². The van der Waals surface area contributed by atoms with Gasteiger partial charge in [-0.15, -0.1) is 0 Å². The van der Waals surface area contributed by atoms with Crippen LogP contribution in [-0.2, 0) is 6.54 Å². The average molecular weight is 262 g/mol. The summed E-state index contributed by atoms with van der Waals surface area (Å²) in [5.41, 5.74) is 2.34. The van der Waals surface area contributed by atoms with Gasteiger partial charge < -0.3 is 10.2 Å². The lowest BCUT2D eigenvalue weighted by molar-refractivity contribution is 0.445. The number of halogens is 1. The molecule has 19 heavy (non-hydrogen) atoms. The minimum atomic E-state index is -0.124. The van der Waals surface area contributed by atoms with Gasteiger partial charge in [0, 0.05) is 31.4 Å². The first kappa shape index (κ1) is 12.9. The Bertz CT molecular complexity index is 442. The molecule has 1 aliphatic carbocycles. The van der Waals surface area contributed by atoms with Crippen LogP contribution < -0.4 is 10.2 Å². The van der Waals surface area contributed by atoms with E-state index in [1.807, 2.05) is 6.07 Å². The molecule has 1 atom stereocenters. The highest BCUT2D eigenvalue weighted by Crippen LogP contribution is 2.28. The van der Waals surface area contributed by atoms with Crippen LogP contribution in [0.3, 0.4) is 0 Å². The second-order valence-electron chi connectivity index (χ2n) is 6.12. The number of nitrogens with one attached hydrogen (secondary N) is 1. The number of anilines is 1. The first-order valence-corrected chi connectivity index (χ1v) is 7.49. The third-order valence-corrected chi connectivity index (χ3v) is 4.20. The van der Waals surface area contributed by atoms with E-state index < -0.39 is 0 Å². The molecule has 0 amide bonds. The third-order valence-electron chi connectivity index (χ3n) is 4.20. The summed E-state index contributed by atoms with van der Waals surface area (Å²) in [5.74, 6) is 0.615. The summed E-state index contributed by atoms with van der Waals surface area (Å²) in [7, 11) is 0. The lowest BCUT2D eigenvalue weighted by Gasteiger charge is -2.34. The second kappa shape index (κ2) is 5.49. The predicted molar refractivity (Wildman–Crippen MR) is 76.9 cm³/mol. The summed E-state index contributed by atoms with van der Waals surface area (Å²) < 4.78 is 13.5. The Morgan fingerprint density at radius 3 is 2.89 bits per heavy atom. The van der Waals surface area contributed by atoms with E-state index in [9.17, 15) is 4.39 Å². The summed E-state index contributed by atoms with van der Waals surface area (Å²) in [5, 5.41) is 3.50. The van der Waals surface area contributed by atoms with Crippen molar-refractivity contribution in [3.05, 3.63) is 29.6 Å². The molecule has 1 aromatic rings. The van der Waals surface area contributed by atoms with E-state index >= 15 is 0 Å². The van der Waals surface area contributed by atoms with Crippen molar-refractivity contribution in [3.8, 4) is 0 Å². The molecule has 1 saturated carbocycles. The van der Waals surface area contributed by atoms with Gasteiger partial charge in [0.25, 0.3) is 0 Å². The fourth-order valence-electron chi connectivity index (χ4n) is 2.95. The van der Waals surface area contributed by atoms with E-state index in [0.717, 1.165) is 31.1 Å². The Morgan fingerprint density at radius 1 is 1.32 bits per heavy atom. The standard InChI is InChI=1S/C16H23FN2/c1-12-3-2-8-19(11-12)16-7-4-14(17)9-13(16)10-18-15-5-6-15/h4,7,9,12,15,18H,2-3,5-6,8,10-11H2,1H3. The first-order chi connectivity index (χ1) is 9.22.